The fraction of sp³-hybridized carbons (Fsp3) is 0.478. The van der Waals surface area contributed by atoms with Crippen molar-refractivity contribution in [1.29, 1.82) is 0 Å². The van der Waals surface area contributed by atoms with E-state index in [1.54, 1.807) is 0 Å². The van der Waals surface area contributed by atoms with E-state index in [1.807, 2.05) is 18.2 Å². The number of hydrogen-bond donors (Lipinski definition) is 1. The third kappa shape index (κ3) is 6.03. The average Bonchev–Trinajstić information content (AvgIpc) is 2.60. The Morgan fingerprint density at radius 3 is 2.54 bits per heavy atom. The lowest BCUT2D eigenvalue weighted by atomic mass is 9.96. The molecule has 1 fully saturated rings. The van der Waals surface area contributed by atoms with E-state index in [4.69, 9.17) is 16.3 Å². The fourth-order valence-corrected chi connectivity index (χ4v) is 3.90. The standard InChI is InChI=1S/C23H30ClNO/c1-18-8-7-9-19(14-18)17-26-23-13-12-21(24)15-20(23)16-25-22-10-5-3-2-4-6-11-22/h7-9,12-15,22,25H,2-6,10-11,16-17H2,1H3. The Labute approximate surface area is 162 Å². The first-order chi connectivity index (χ1) is 12.7. The van der Waals surface area contributed by atoms with Crippen LogP contribution in [0, 0.1) is 6.92 Å². The Morgan fingerprint density at radius 2 is 1.77 bits per heavy atom. The number of benzene rings is 2. The van der Waals surface area contributed by atoms with Gasteiger partial charge in [0.25, 0.3) is 0 Å². The Morgan fingerprint density at radius 1 is 1.00 bits per heavy atom. The van der Waals surface area contributed by atoms with Gasteiger partial charge in [0.05, 0.1) is 0 Å². The minimum Gasteiger partial charge on any atom is -0.489 e. The smallest absolute Gasteiger partial charge is 0.124 e. The van der Waals surface area contributed by atoms with Crippen LogP contribution in [0.3, 0.4) is 0 Å². The highest BCUT2D eigenvalue weighted by Gasteiger charge is 2.12. The lowest BCUT2D eigenvalue weighted by Crippen LogP contribution is -2.29. The molecule has 3 heteroatoms. The molecule has 0 heterocycles. The summed E-state index contributed by atoms with van der Waals surface area (Å²) in [6, 6.07) is 15.0. The Bertz CT molecular complexity index is 692. The van der Waals surface area contributed by atoms with E-state index < -0.39 is 0 Å². The van der Waals surface area contributed by atoms with E-state index in [-0.39, 0.29) is 0 Å². The first kappa shape index (κ1) is 19.3. The topological polar surface area (TPSA) is 21.3 Å². The lowest BCUT2D eigenvalue weighted by molar-refractivity contribution is 0.300. The zero-order valence-electron chi connectivity index (χ0n) is 15.8. The molecule has 1 saturated carbocycles. The highest BCUT2D eigenvalue weighted by atomic mass is 35.5. The predicted molar refractivity (Wildman–Crippen MR) is 110 cm³/mol. The van der Waals surface area contributed by atoms with Crippen LogP contribution in [0.15, 0.2) is 42.5 Å². The van der Waals surface area contributed by atoms with Crippen molar-refractivity contribution in [2.24, 2.45) is 0 Å². The third-order valence-electron chi connectivity index (χ3n) is 5.19. The van der Waals surface area contributed by atoms with Crippen LogP contribution in [0.2, 0.25) is 5.02 Å². The van der Waals surface area contributed by atoms with Crippen molar-refractivity contribution in [3.63, 3.8) is 0 Å². The zero-order valence-corrected chi connectivity index (χ0v) is 16.5. The molecule has 1 aliphatic rings. The van der Waals surface area contributed by atoms with Crippen molar-refractivity contribution in [1.82, 2.24) is 5.32 Å². The molecule has 0 amide bonds. The molecular weight excluding hydrogens is 342 g/mol. The normalized spacial score (nSPS) is 16.1. The Hall–Kier alpha value is -1.51. The molecule has 26 heavy (non-hydrogen) atoms. The second-order valence-electron chi connectivity index (χ2n) is 7.45. The van der Waals surface area contributed by atoms with E-state index in [0.717, 1.165) is 22.9 Å². The monoisotopic (exact) mass is 371 g/mol. The molecule has 0 aromatic heterocycles. The van der Waals surface area contributed by atoms with E-state index >= 15 is 0 Å². The number of nitrogens with one attached hydrogen (secondary N) is 1. The molecule has 140 valence electrons. The summed E-state index contributed by atoms with van der Waals surface area (Å²) in [5, 5.41) is 4.51. The first-order valence-corrected chi connectivity index (χ1v) is 10.3. The molecule has 0 radical (unpaired) electrons. The summed E-state index contributed by atoms with van der Waals surface area (Å²) in [6.07, 6.45) is 9.38. The highest BCUT2D eigenvalue weighted by molar-refractivity contribution is 6.30. The van der Waals surface area contributed by atoms with Crippen LogP contribution in [0.5, 0.6) is 5.75 Å². The molecule has 0 spiro atoms. The van der Waals surface area contributed by atoms with Gasteiger partial charge in [-0.3, -0.25) is 0 Å². The largest absolute Gasteiger partial charge is 0.489 e. The van der Waals surface area contributed by atoms with Gasteiger partial charge < -0.3 is 10.1 Å². The van der Waals surface area contributed by atoms with E-state index in [2.05, 4.69) is 36.5 Å². The fourth-order valence-electron chi connectivity index (χ4n) is 3.70. The number of ether oxygens (including phenoxy) is 1. The summed E-state index contributed by atoms with van der Waals surface area (Å²) >= 11 is 6.24. The molecule has 2 aromatic carbocycles. The van der Waals surface area contributed by atoms with Crippen molar-refractivity contribution in [3.05, 3.63) is 64.2 Å². The second kappa shape index (κ2) is 9.99. The van der Waals surface area contributed by atoms with Gasteiger partial charge in [0.1, 0.15) is 12.4 Å². The number of halogens is 1. The summed E-state index contributed by atoms with van der Waals surface area (Å²) in [4.78, 5) is 0. The second-order valence-corrected chi connectivity index (χ2v) is 7.89. The van der Waals surface area contributed by atoms with E-state index in [1.165, 1.54) is 56.1 Å². The molecule has 1 N–H and O–H groups in total. The third-order valence-corrected chi connectivity index (χ3v) is 5.42. The predicted octanol–water partition coefficient (Wildman–Crippen LogP) is 6.43. The van der Waals surface area contributed by atoms with Crippen LogP contribution in [0.4, 0.5) is 0 Å². The Balaban J connectivity index is 1.61. The molecule has 0 atom stereocenters. The van der Waals surface area contributed by atoms with Gasteiger partial charge in [0.2, 0.25) is 0 Å². The Kier molecular flexibility index (Phi) is 7.40. The molecule has 0 bridgehead atoms. The quantitative estimate of drug-likeness (QED) is 0.631. The molecule has 3 rings (SSSR count). The van der Waals surface area contributed by atoms with Gasteiger partial charge in [-0.15, -0.1) is 0 Å². The van der Waals surface area contributed by atoms with E-state index in [0.29, 0.717) is 12.6 Å². The highest BCUT2D eigenvalue weighted by Crippen LogP contribution is 2.25. The van der Waals surface area contributed by atoms with Gasteiger partial charge in [0.15, 0.2) is 0 Å². The van der Waals surface area contributed by atoms with Crippen molar-refractivity contribution in [2.45, 2.75) is 71.1 Å². The lowest BCUT2D eigenvalue weighted by Gasteiger charge is -2.22. The maximum absolute atomic E-state index is 6.24. The summed E-state index contributed by atoms with van der Waals surface area (Å²) in [6.45, 7) is 3.50. The number of rotatable bonds is 6. The van der Waals surface area contributed by atoms with Gasteiger partial charge in [-0.1, -0.05) is 73.5 Å². The van der Waals surface area contributed by atoms with Crippen LogP contribution in [-0.2, 0) is 13.2 Å². The van der Waals surface area contributed by atoms with Gasteiger partial charge in [-0.2, -0.15) is 0 Å². The van der Waals surface area contributed by atoms with Crippen LogP contribution >= 0.6 is 11.6 Å². The first-order valence-electron chi connectivity index (χ1n) is 9.91. The van der Waals surface area contributed by atoms with Gasteiger partial charge >= 0.3 is 0 Å². The van der Waals surface area contributed by atoms with Crippen molar-refractivity contribution in [2.75, 3.05) is 0 Å². The maximum atomic E-state index is 6.24. The minimum absolute atomic E-state index is 0.583. The molecule has 0 aliphatic heterocycles. The molecule has 2 nitrogen and oxygen atoms in total. The molecule has 0 saturated heterocycles. The summed E-state index contributed by atoms with van der Waals surface area (Å²) in [5.74, 6) is 0.925. The molecule has 0 unspecified atom stereocenters. The average molecular weight is 372 g/mol. The summed E-state index contributed by atoms with van der Waals surface area (Å²) in [5.41, 5.74) is 3.60. The van der Waals surface area contributed by atoms with Crippen LogP contribution in [0.1, 0.15) is 61.6 Å². The van der Waals surface area contributed by atoms with Crippen LogP contribution in [-0.4, -0.2) is 6.04 Å². The number of hydrogen-bond acceptors (Lipinski definition) is 2. The molecule has 2 aromatic rings. The molecular formula is C23H30ClNO. The summed E-state index contributed by atoms with van der Waals surface area (Å²) in [7, 11) is 0. The van der Waals surface area contributed by atoms with Crippen molar-refractivity contribution in [3.8, 4) is 5.75 Å². The van der Waals surface area contributed by atoms with Gasteiger partial charge in [-0.05, 0) is 43.5 Å². The summed E-state index contributed by atoms with van der Waals surface area (Å²) < 4.78 is 6.12. The van der Waals surface area contributed by atoms with Crippen LogP contribution < -0.4 is 10.1 Å². The van der Waals surface area contributed by atoms with Gasteiger partial charge in [0, 0.05) is 23.2 Å². The van der Waals surface area contributed by atoms with Gasteiger partial charge in [-0.25, -0.2) is 0 Å². The SMILES string of the molecule is Cc1cccc(COc2ccc(Cl)cc2CNC2CCCCCCC2)c1. The van der Waals surface area contributed by atoms with Crippen molar-refractivity contribution < 1.29 is 4.74 Å². The zero-order chi connectivity index (χ0) is 18.2. The molecule has 1 aliphatic carbocycles. The van der Waals surface area contributed by atoms with E-state index in [9.17, 15) is 0 Å². The van der Waals surface area contributed by atoms with Crippen molar-refractivity contribution >= 4 is 11.6 Å². The maximum Gasteiger partial charge on any atom is 0.124 e. The number of aryl methyl sites for hydroxylation is 1. The van der Waals surface area contributed by atoms with Crippen LogP contribution in [0.25, 0.3) is 0 Å². The minimum atomic E-state index is 0.583.